The molecule has 1 fully saturated rings. The van der Waals surface area contributed by atoms with Crippen molar-refractivity contribution in [2.45, 2.75) is 64.8 Å². The maximum atomic E-state index is 13.1. The van der Waals surface area contributed by atoms with Crippen molar-refractivity contribution in [3.63, 3.8) is 0 Å². The van der Waals surface area contributed by atoms with Gasteiger partial charge in [-0.2, -0.15) is 18.3 Å². The largest absolute Gasteiger partial charge is 0.496 e. The van der Waals surface area contributed by atoms with Crippen molar-refractivity contribution in [2.75, 3.05) is 20.8 Å². The molecule has 1 aliphatic heterocycles. The van der Waals surface area contributed by atoms with Crippen molar-refractivity contribution in [1.82, 2.24) is 15.1 Å². The Bertz CT molecular complexity index is 1150. The maximum absolute atomic E-state index is 13.1. The van der Waals surface area contributed by atoms with Gasteiger partial charge < -0.3 is 14.2 Å². The molecule has 8 nitrogen and oxygen atoms in total. The number of methoxy groups -OCH3 is 2. The number of alkyl halides is 3. The fraction of sp³-hybridized carbons (Fsp3) is 0.538. The van der Waals surface area contributed by atoms with E-state index in [1.807, 2.05) is 6.07 Å². The number of halogens is 3. The summed E-state index contributed by atoms with van der Waals surface area (Å²) < 4.78 is 54.9. The third-order valence-electron chi connectivity index (χ3n) is 6.10. The van der Waals surface area contributed by atoms with Crippen LogP contribution in [-0.4, -0.2) is 59.6 Å². The second-order valence-corrected chi connectivity index (χ2v) is 10.1. The third kappa shape index (κ3) is 6.90. The molecule has 1 saturated heterocycles. The van der Waals surface area contributed by atoms with Gasteiger partial charge in [-0.05, 0) is 82.7 Å². The van der Waals surface area contributed by atoms with Gasteiger partial charge in [-0.3, -0.25) is 4.90 Å². The highest BCUT2D eigenvalue weighted by Gasteiger charge is 2.39. The molecule has 2 unspecified atom stereocenters. The standard InChI is InChI=1S/C26H32F3N3O5/c1-15-11-18(30-31-22(15)19-9-8-17(26(27,28)29)13-21(19)35-5)12-16-7-10-20(23(33)36-6)32(14-16)24(34)37-25(2,3)4/h8-9,11,13,16,20H,7,10,12,14H2,1-6H3. The lowest BCUT2D eigenvalue weighted by Crippen LogP contribution is -2.52. The lowest BCUT2D eigenvalue weighted by molar-refractivity contribution is -0.148. The number of rotatable bonds is 5. The number of esters is 1. The zero-order valence-electron chi connectivity index (χ0n) is 21.8. The molecule has 202 valence electrons. The van der Waals surface area contributed by atoms with E-state index in [-0.39, 0.29) is 18.2 Å². The molecule has 0 bridgehead atoms. The lowest BCUT2D eigenvalue weighted by atomic mass is 9.89. The van der Waals surface area contributed by atoms with E-state index in [0.29, 0.717) is 36.2 Å². The summed E-state index contributed by atoms with van der Waals surface area (Å²) >= 11 is 0. The van der Waals surface area contributed by atoms with Gasteiger partial charge in [0.15, 0.2) is 0 Å². The number of ether oxygens (including phenoxy) is 3. The first kappa shape index (κ1) is 28.2. The van der Waals surface area contributed by atoms with Crippen LogP contribution in [0.2, 0.25) is 0 Å². The Morgan fingerprint density at radius 2 is 1.78 bits per heavy atom. The van der Waals surface area contributed by atoms with E-state index in [1.165, 1.54) is 25.2 Å². The van der Waals surface area contributed by atoms with Gasteiger partial charge in [0.1, 0.15) is 17.4 Å². The van der Waals surface area contributed by atoms with Gasteiger partial charge >= 0.3 is 18.2 Å². The first-order valence-electron chi connectivity index (χ1n) is 11.9. The van der Waals surface area contributed by atoms with Crippen molar-refractivity contribution in [3.8, 4) is 17.0 Å². The van der Waals surface area contributed by atoms with E-state index < -0.39 is 35.4 Å². The minimum atomic E-state index is -4.49. The summed E-state index contributed by atoms with van der Waals surface area (Å²) in [7, 11) is 2.59. The highest BCUT2D eigenvalue weighted by atomic mass is 19.4. The molecule has 1 amide bonds. The number of aryl methyl sites for hydroxylation is 1. The van der Waals surface area contributed by atoms with E-state index >= 15 is 0 Å². The summed E-state index contributed by atoms with van der Waals surface area (Å²) in [5, 5.41) is 8.58. The molecule has 37 heavy (non-hydrogen) atoms. The number of carbonyl (C=O) groups excluding carboxylic acids is 2. The van der Waals surface area contributed by atoms with Gasteiger partial charge in [0.05, 0.1) is 31.2 Å². The van der Waals surface area contributed by atoms with Gasteiger partial charge in [0.2, 0.25) is 0 Å². The molecule has 2 aromatic rings. The maximum Gasteiger partial charge on any atom is 0.416 e. The predicted molar refractivity (Wildman–Crippen MR) is 129 cm³/mol. The van der Waals surface area contributed by atoms with E-state index in [2.05, 4.69) is 10.2 Å². The van der Waals surface area contributed by atoms with Gasteiger partial charge in [0, 0.05) is 12.1 Å². The van der Waals surface area contributed by atoms with Crippen LogP contribution in [0, 0.1) is 12.8 Å². The number of hydrogen-bond acceptors (Lipinski definition) is 7. The van der Waals surface area contributed by atoms with E-state index in [1.54, 1.807) is 27.7 Å². The average Bonchev–Trinajstić information content (AvgIpc) is 2.81. The number of hydrogen-bond donors (Lipinski definition) is 0. The van der Waals surface area contributed by atoms with Crippen LogP contribution >= 0.6 is 0 Å². The van der Waals surface area contributed by atoms with Crippen LogP contribution in [0.4, 0.5) is 18.0 Å². The highest BCUT2D eigenvalue weighted by molar-refractivity contribution is 5.81. The molecule has 0 saturated carbocycles. The van der Waals surface area contributed by atoms with Crippen LogP contribution in [0.15, 0.2) is 24.3 Å². The van der Waals surface area contributed by atoms with Crippen molar-refractivity contribution in [1.29, 1.82) is 0 Å². The summed E-state index contributed by atoms with van der Waals surface area (Å²) in [5.74, 6) is -0.447. The molecule has 0 aliphatic carbocycles. The van der Waals surface area contributed by atoms with Crippen LogP contribution in [0.1, 0.15) is 50.4 Å². The molecule has 11 heteroatoms. The number of amides is 1. The molecule has 1 aromatic heterocycles. The Labute approximate surface area is 214 Å². The van der Waals surface area contributed by atoms with Crippen molar-refractivity contribution < 1.29 is 37.0 Å². The van der Waals surface area contributed by atoms with Gasteiger partial charge in [0.25, 0.3) is 0 Å². The zero-order chi connectivity index (χ0) is 27.5. The number of nitrogens with zero attached hydrogens (tertiary/aromatic N) is 3. The van der Waals surface area contributed by atoms with Gasteiger partial charge in [-0.25, -0.2) is 9.59 Å². The summed E-state index contributed by atoms with van der Waals surface area (Å²) in [6, 6.07) is 4.35. The number of carbonyl (C=O) groups is 2. The molecule has 0 N–H and O–H groups in total. The molecule has 2 atom stereocenters. The minimum Gasteiger partial charge on any atom is -0.496 e. The quantitative estimate of drug-likeness (QED) is 0.497. The second-order valence-electron chi connectivity index (χ2n) is 10.1. The van der Waals surface area contributed by atoms with Crippen LogP contribution in [0.5, 0.6) is 5.75 Å². The van der Waals surface area contributed by atoms with E-state index in [4.69, 9.17) is 14.2 Å². The molecule has 3 rings (SSSR count). The van der Waals surface area contributed by atoms with Crippen LogP contribution in [0.25, 0.3) is 11.3 Å². The van der Waals surface area contributed by atoms with Crippen molar-refractivity contribution in [2.24, 2.45) is 5.92 Å². The van der Waals surface area contributed by atoms with E-state index in [0.717, 1.165) is 17.7 Å². The molecular weight excluding hydrogens is 491 g/mol. The Balaban J connectivity index is 1.80. The fourth-order valence-electron chi connectivity index (χ4n) is 4.38. The van der Waals surface area contributed by atoms with E-state index in [9.17, 15) is 22.8 Å². The summed E-state index contributed by atoms with van der Waals surface area (Å²) in [6.45, 7) is 7.34. The van der Waals surface area contributed by atoms with Gasteiger partial charge in [-0.15, -0.1) is 5.10 Å². The topological polar surface area (TPSA) is 90.9 Å². The number of piperidine rings is 1. The Kier molecular flexibility index (Phi) is 8.34. The van der Waals surface area contributed by atoms with Crippen molar-refractivity contribution >= 4 is 12.1 Å². The van der Waals surface area contributed by atoms with Crippen LogP contribution < -0.4 is 4.74 Å². The summed E-state index contributed by atoms with van der Waals surface area (Å²) in [5.41, 5.74) is 0.670. The number of benzene rings is 1. The zero-order valence-corrected chi connectivity index (χ0v) is 21.8. The Hall–Kier alpha value is -3.37. The van der Waals surface area contributed by atoms with Gasteiger partial charge in [-0.1, -0.05) is 0 Å². The molecule has 1 aliphatic rings. The number of aromatic nitrogens is 2. The highest BCUT2D eigenvalue weighted by Crippen LogP contribution is 2.37. The van der Waals surface area contributed by atoms with Crippen LogP contribution in [0.3, 0.4) is 0 Å². The third-order valence-corrected chi connectivity index (χ3v) is 6.10. The average molecular weight is 524 g/mol. The molecular formula is C26H32F3N3O5. The monoisotopic (exact) mass is 523 g/mol. The minimum absolute atomic E-state index is 0.00594. The molecule has 0 spiro atoms. The smallest absolute Gasteiger partial charge is 0.416 e. The first-order valence-corrected chi connectivity index (χ1v) is 11.9. The first-order chi connectivity index (χ1) is 17.2. The Morgan fingerprint density at radius 3 is 2.35 bits per heavy atom. The van der Waals surface area contributed by atoms with Crippen molar-refractivity contribution in [3.05, 3.63) is 41.1 Å². The molecule has 2 heterocycles. The lowest BCUT2D eigenvalue weighted by Gasteiger charge is -2.38. The SMILES string of the molecule is COC(=O)C1CCC(Cc2cc(C)c(-c3ccc(C(F)(F)F)cc3OC)nn2)CN1C(=O)OC(C)(C)C. The predicted octanol–water partition coefficient (Wildman–Crippen LogP) is 5.21. The molecule has 0 radical (unpaired) electrons. The number of likely N-dealkylation sites (tertiary alicyclic amines) is 1. The summed E-state index contributed by atoms with van der Waals surface area (Å²) in [6.07, 6.45) is -3.50. The normalized spacial score (nSPS) is 18.4. The fourth-order valence-corrected chi connectivity index (χ4v) is 4.38. The van der Waals surface area contributed by atoms with Crippen LogP contribution in [-0.2, 0) is 26.9 Å². The Morgan fingerprint density at radius 1 is 1.08 bits per heavy atom. The molecule has 1 aromatic carbocycles. The summed E-state index contributed by atoms with van der Waals surface area (Å²) in [4.78, 5) is 26.5. The second kappa shape index (κ2) is 10.9.